The number of fused-ring (bicyclic) bond motifs is 1. The van der Waals surface area contributed by atoms with E-state index < -0.39 is 12.0 Å². The number of hydrogen-bond donors (Lipinski definition) is 0. The van der Waals surface area contributed by atoms with Gasteiger partial charge in [-0.25, -0.2) is 0 Å². The van der Waals surface area contributed by atoms with Gasteiger partial charge in [0.05, 0.1) is 40.4 Å². The van der Waals surface area contributed by atoms with Crippen molar-refractivity contribution in [2.24, 2.45) is 5.92 Å². The zero-order valence-electron chi connectivity index (χ0n) is 24.4. The zero-order valence-corrected chi connectivity index (χ0v) is 24.4. The molecule has 2 amide bonds. The fourth-order valence-electron chi connectivity index (χ4n) is 6.27. The maximum Gasteiger partial charge on any atom is 0.254 e. The molecule has 3 aromatic rings. The minimum atomic E-state index is -0.642. The molecule has 2 aliphatic heterocycles. The van der Waals surface area contributed by atoms with Gasteiger partial charge < -0.3 is 28.7 Å². The first kappa shape index (κ1) is 28.3. The summed E-state index contributed by atoms with van der Waals surface area (Å²) in [6.45, 7) is 1.34. The molecule has 0 saturated carbocycles. The van der Waals surface area contributed by atoms with E-state index >= 15 is 0 Å². The number of carbonyl (C=O) groups excluding carboxylic acids is 2. The van der Waals surface area contributed by atoms with E-state index in [1.165, 1.54) is 12.7 Å². The summed E-state index contributed by atoms with van der Waals surface area (Å²) in [4.78, 5) is 31.9. The second-order valence-electron chi connectivity index (χ2n) is 10.7. The van der Waals surface area contributed by atoms with Gasteiger partial charge in [-0.05, 0) is 66.1 Å². The van der Waals surface area contributed by atoms with Crippen LogP contribution < -0.4 is 18.9 Å². The molecule has 0 spiro atoms. The maximum absolute atomic E-state index is 14.5. The van der Waals surface area contributed by atoms with Gasteiger partial charge in [0.25, 0.3) is 5.91 Å². The number of nitrogens with zero attached hydrogens (tertiary/aromatic N) is 2. The topological polar surface area (TPSA) is 77.5 Å². The number of likely N-dealkylation sites (tertiary alicyclic amines) is 1. The van der Waals surface area contributed by atoms with Crippen molar-refractivity contribution in [3.63, 3.8) is 0 Å². The molecule has 1 fully saturated rings. The van der Waals surface area contributed by atoms with Crippen LogP contribution >= 0.6 is 0 Å². The Kier molecular flexibility index (Phi) is 8.38. The van der Waals surface area contributed by atoms with Crippen molar-refractivity contribution in [3.05, 3.63) is 82.9 Å². The number of amides is 2. The first-order chi connectivity index (χ1) is 19.9. The standard InChI is InChI=1S/C33H38N2O6/c1-34-31(23-11-12-26(38-2)27(18-23)39-3)30(24-19-28(40-4)29(41-5)20-25(24)32(34)36)33(37)35-15-13-22(14-16-35)17-21-9-7-6-8-10-21/h6-12,18-20,22,30-31H,13-17H2,1-5H3/t30-,31-/m1/s1. The molecule has 216 valence electrons. The quantitative estimate of drug-likeness (QED) is 0.382. The molecule has 3 aromatic carbocycles. The lowest BCUT2D eigenvalue weighted by Crippen LogP contribution is -2.48. The molecule has 2 atom stereocenters. The molecule has 0 unspecified atom stereocenters. The third-order valence-corrected chi connectivity index (χ3v) is 8.48. The Balaban J connectivity index is 1.52. The third-order valence-electron chi connectivity index (χ3n) is 8.48. The molecule has 0 N–H and O–H groups in total. The fraction of sp³-hybridized carbons (Fsp3) is 0.394. The van der Waals surface area contributed by atoms with Crippen LogP contribution in [0.15, 0.2) is 60.7 Å². The number of methoxy groups -OCH3 is 4. The lowest BCUT2D eigenvalue weighted by atomic mass is 9.78. The van der Waals surface area contributed by atoms with Crippen LogP contribution in [-0.2, 0) is 11.2 Å². The molecule has 0 bridgehead atoms. The van der Waals surface area contributed by atoms with E-state index in [-0.39, 0.29) is 11.8 Å². The van der Waals surface area contributed by atoms with Crippen molar-refractivity contribution in [2.45, 2.75) is 31.2 Å². The lowest BCUT2D eigenvalue weighted by Gasteiger charge is -2.43. The van der Waals surface area contributed by atoms with Crippen molar-refractivity contribution in [1.29, 1.82) is 0 Å². The van der Waals surface area contributed by atoms with Crippen LogP contribution in [0.3, 0.4) is 0 Å². The Bertz CT molecular complexity index is 1400. The summed E-state index contributed by atoms with van der Waals surface area (Å²) in [6.07, 6.45) is 2.88. The van der Waals surface area contributed by atoms with E-state index in [2.05, 4.69) is 24.3 Å². The van der Waals surface area contributed by atoms with Crippen LogP contribution in [0.4, 0.5) is 0 Å². The Morgan fingerprint density at radius 1 is 0.805 bits per heavy atom. The van der Waals surface area contributed by atoms with Gasteiger partial charge in [-0.2, -0.15) is 0 Å². The summed E-state index contributed by atoms with van der Waals surface area (Å²) < 4.78 is 22.1. The van der Waals surface area contributed by atoms with E-state index in [1.807, 2.05) is 29.2 Å². The van der Waals surface area contributed by atoms with Crippen molar-refractivity contribution in [2.75, 3.05) is 48.6 Å². The summed E-state index contributed by atoms with van der Waals surface area (Å²) in [5.74, 6) is 1.74. The predicted molar refractivity (Wildman–Crippen MR) is 156 cm³/mol. The highest BCUT2D eigenvalue weighted by molar-refractivity contribution is 6.02. The van der Waals surface area contributed by atoms with E-state index in [4.69, 9.17) is 18.9 Å². The SMILES string of the molecule is COc1ccc([C@@H]2[C@H](C(=O)N3CCC(Cc4ccccc4)CC3)c3cc(OC)c(OC)cc3C(=O)N2C)cc1OC. The van der Waals surface area contributed by atoms with Gasteiger partial charge in [0.2, 0.25) is 5.91 Å². The highest BCUT2D eigenvalue weighted by atomic mass is 16.5. The highest BCUT2D eigenvalue weighted by Gasteiger charge is 2.45. The molecule has 0 radical (unpaired) electrons. The Morgan fingerprint density at radius 2 is 1.41 bits per heavy atom. The van der Waals surface area contributed by atoms with Crippen LogP contribution in [0.5, 0.6) is 23.0 Å². The third kappa shape index (κ3) is 5.43. The number of carbonyl (C=O) groups is 2. The molecule has 1 saturated heterocycles. The second kappa shape index (κ2) is 12.1. The molecule has 41 heavy (non-hydrogen) atoms. The van der Waals surface area contributed by atoms with Crippen LogP contribution in [-0.4, -0.2) is 70.2 Å². The zero-order chi connectivity index (χ0) is 29.1. The van der Waals surface area contributed by atoms with Crippen molar-refractivity contribution in [1.82, 2.24) is 9.80 Å². The molecular weight excluding hydrogens is 520 g/mol. The summed E-state index contributed by atoms with van der Waals surface area (Å²) in [6, 6.07) is 19.0. The van der Waals surface area contributed by atoms with Gasteiger partial charge in [0.1, 0.15) is 0 Å². The summed E-state index contributed by atoms with van der Waals surface area (Å²) in [5.41, 5.74) is 3.20. The largest absolute Gasteiger partial charge is 0.493 e. The van der Waals surface area contributed by atoms with Gasteiger partial charge in [-0.1, -0.05) is 36.4 Å². The monoisotopic (exact) mass is 558 g/mol. The van der Waals surface area contributed by atoms with Gasteiger partial charge in [-0.3, -0.25) is 9.59 Å². The van der Waals surface area contributed by atoms with Gasteiger partial charge in [0, 0.05) is 25.7 Å². The predicted octanol–water partition coefficient (Wildman–Crippen LogP) is 5.11. The van der Waals surface area contributed by atoms with Crippen molar-refractivity contribution >= 4 is 11.8 Å². The number of benzene rings is 3. The molecule has 2 aliphatic rings. The lowest BCUT2D eigenvalue weighted by molar-refractivity contribution is -0.136. The first-order valence-corrected chi connectivity index (χ1v) is 14.0. The average Bonchev–Trinajstić information content (AvgIpc) is 3.02. The van der Waals surface area contributed by atoms with E-state index in [0.29, 0.717) is 53.1 Å². The molecular formula is C33H38N2O6. The minimum Gasteiger partial charge on any atom is -0.493 e. The Hall–Kier alpha value is -4.20. The van der Waals surface area contributed by atoms with E-state index in [1.54, 1.807) is 45.4 Å². The normalized spacial score (nSPS) is 19.0. The number of ether oxygens (including phenoxy) is 4. The van der Waals surface area contributed by atoms with Crippen molar-refractivity contribution < 1.29 is 28.5 Å². The molecule has 2 heterocycles. The second-order valence-corrected chi connectivity index (χ2v) is 10.7. The number of piperidine rings is 1. The Morgan fingerprint density at radius 3 is 2.05 bits per heavy atom. The van der Waals surface area contributed by atoms with Gasteiger partial charge in [0.15, 0.2) is 23.0 Å². The summed E-state index contributed by atoms with van der Waals surface area (Å²) in [5, 5.41) is 0. The fourth-order valence-corrected chi connectivity index (χ4v) is 6.27. The van der Waals surface area contributed by atoms with Crippen LogP contribution in [0.25, 0.3) is 0 Å². The molecule has 8 nitrogen and oxygen atoms in total. The van der Waals surface area contributed by atoms with Gasteiger partial charge in [-0.15, -0.1) is 0 Å². The first-order valence-electron chi connectivity index (χ1n) is 14.0. The Labute approximate surface area is 241 Å². The molecule has 8 heteroatoms. The molecule has 0 aliphatic carbocycles. The van der Waals surface area contributed by atoms with Crippen LogP contribution in [0, 0.1) is 5.92 Å². The smallest absolute Gasteiger partial charge is 0.254 e. The molecule has 5 rings (SSSR count). The number of likely N-dealkylation sites (N-methyl/N-ethyl adjacent to an activating group) is 1. The van der Waals surface area contributed by atoms with Crippen molar-refractivity contribution in [3.8, 4) is 23.0 Å². The van der Waals surface area contributed by atoms with Crippen LogP contribution in [0.2, 0.25) is 0 Å². The summed E-state index contributed by atoms with van der Waals surface area (Å²) in [7, 11) is 8.00. The molecule has 0 aromatic heterocycles. The van der Waals surface area contributed by atoms with Gasteiger partial charge >= 0.3 is 0 Å². The maximum atomic E-state index is 14.5. The van der Waals surface area contributed by atoms with E-state index in [9.17, 15) is 9.59 Å². The highest BCUT2D eigenvalue weighted by Crippen LogP contribution is 2.47. The average molecular weight is 559 g/mol. The van der Waals surface area contributed by atoms with Crippen LogP contribution in [0.1, 0.15) is 51.8 Å². The minimum absolute atomic E-state index is 0.00392. The number of hydrogen-bond acceptors (Lipinski definition) is 6. The summed E-state index contributed by atoms with van der Waals surface area (Å²) >= 11 is 0. The van der Waals surface area contributed by atoms with E-state index in [0.717, 1.165) is 24.8 Å². The number of rotatable bonds is 8.